The Morgan fingerprint density at radius 3 is 2.59 bits per heavy atom. The van der Waals surface area contributed by atoms with Crippen molar-refractivity contribution in [3.05, 3.63) is 108 Å². The Labute approximate surface area is 221 Å². The number of halogens is 1. The highest BCUT2D eigenvalue weighted by atomic mass is 35.5. The van der Waals surface area contributed by atoms with Crippen LogP contribution in [0.3, 0.4) is 0 Å². The number of hydrogen-bond acceptors (Lipinski definition) is 6. The van der Waals surface area contributed by atoms with Crippen LogP contribution in [0.15, 0.2) is 64.2 Å². The van der Waals surface area contributed by atoms with Gasteiger partial charge in [-0.25, -0.2) is 14.2 Å². The van der Waals surface area contributed by atoms with E-state index < -0.39 is 23.3 Å². The Morgan fingerprint density at radius 1 is 1.11 bits per heavy atom. The van der Waals surface area contributed by atoms with Gasteiger partial charge in [0, 0.05) is 21.7 Å². The van der Waals surface area contributed by atoms with Crippen molar-refractivity contribution in [3.63, 3.8) is 0 Å². The summed E-state index contributed by atoms with van der Waals surface area (Å²) in [5, 5.41) is 1.91. The summed E-state index contributed by atoms with van der Waals surface area (Å²) in [6, 6.07) is 14.7. The van der Waals surface area contributed by atoms with Gasteiger partial charge in [0.2, 0.25) is 0 Å². The van der Waals surface area contributed by atoms with Crippen molar-refractivity contribution >= 4 is 50.9 Å². The van der Waals surface area contributed by atoms with Gasteiger partial charge in [-0.05, 0) is 84.9 Å². The molecule has 0 saturated carbocycles. The molecule has 0 radical (unpaired) electrons. The molecule has 7 nitrogen and oxygen atoms in total. The molecule has 2 aromatic heterocycles. The van der Waals surface area contributed by atoms with Crippen molar-refractivity contribution in [2.45, 2.75) is 33.2 Å². The highest BCUT2D eigenvalue weighted by molar-refractivity contribution is 7.07. The molecule has 0 fully saturated rings. The lowest BCUT2D eigenvalue weighted by Gasteiger charge is -2.18. The maximum Gasteiger partial charge on any atom is 0.334 e. The van der Waals surface area contributed by atoms with Gasteiger partial charge in [0.05, 0.1) is 23.0 Å². The number of hydrogen-bond donors (Lipinski definition) is 1. The molecule has 0 aliphatic heterocycles. The van der Waals surface area contributed by atoms with Gasteiger partial charge in [-0.15, -0.1) is 0 Å². The van der Waals surface area contributed by atoms with Gasteiger partial charge in [-0.1, -0.05) is 35.9 Å². The normalized spacial score (nSPS) is 12.2. The maximum atomic E-state index is 13.5. The van der Waals surface area contributed by atoms with Gasteiger partial charge < -0.3 is 9.72 Å². The van der Waals surface area contributed by atoms with Gasteiger partial charge in [-0.3, -0.25) is 4.79 Å². The van der Waals surface area contributed by atoms with Crippen LogP contribution in [0.25, 0.3) is 21.8 Å². The average Bonchev–Trinajstić information content (AvgIpc) is 3.25. The minimum absolute atomic E-state index is 0.109. The molecule has 2 heterocycles. The molecule has 0 aliphatic carbocycles. The number of nitrogens with zero attached hydrogens (tertiary/aromatic N) is 2. The molecule has 0 bridgehead atoms. The van der Waals surface area contributed by atoms with E-state index in [0.29, 0.717) is 27.9 Å². The van der Waals surface area contributed by atoms with Crippen molar-refractivity contribution in [1.82, 2.24) is 13.9 Å². The number of esters is 1. The number of nitrogens with one attached hydrogen (secondary N) is 1. The van der Waals surface area contributed by atoms with E-state index in [2.05, 4.69) is 35.3 Å². The number of H-pyrrole nitrogens is 1. The molecule has 188 valence electrons. The second-order valence-corrected chi connectivity index (χ2v) is 10.2. The molecule has 9 heteroatoms. The zero-order valence-electron chi connectivity index (χ0n) is 20.5. The Kier molecular flexibility index (Phi) is 6.70. The molecule has 0 amide bonds. The fraction of sp³-hybridized carbons (Fsp3) is 0.214. The number of carbonyl (C=O) groups excluding carboxylic acids is 1. The van der Waals surface area contributed by atoms with Crippen LogP contribution in [0.4, 0.5) is 0 Å². The summed E-state index contributed by atoms with van der Waals surface area (Å²) >= 11 is 7.46. The number of rotatable bonds is 6. The number of aromatic nitrogens is 3. The molecule has 0 aliphatic rings. The van der Waals surface area contributed by atoms with Gasteiger partial charge in [0.1, 0.15) is 0 Å². The third kappa shape index (κ3) is 4.70. The molecule has 5 rings (SSSR count). The Bertz CT molecular complexity index is 1770. The van der Waals surface area contributed by atoms with E-state index in [-0.39, 0.29) is 6.61 Å². The molecular weight excluding hydrogens is 510 g/mol. The largest absolute Gasteiger partial charge is 0.464 e. The fourth-order valence-electron chi connectivity index (χ4n) is 4.72. The monoisotopic (exact) mass is 533 g/mol. The van der Waals surface area contributed by atoms with Crippen LogP contribution in [-0.2, 0) is 16.0 Å². The lowest BCUT2D eigenvalue weighted by Crippen LogP contribution is -2.42. The van der Waals surface area contributed by atoms with E-state index in [0.717, 1.165) is 25.9 Å². The van der Waals surface area contributed by atoms with Crippen LogP contribution >= 0.6 is 23.1 Å². The van der Waals surface area contributed by atoms with Crippen molar-refractivity contribution in [1.29, 1.82) is 0 Å². The fourth-order valence-corrected chi connectivity index (χ4v) is 5.78. The van der Waals surface area contributed by atoms with Gasteiger partial charge in [-0.2, -0.15) is 4.37 Å². The molecule has 5 aromatic rings. The first kappa shape index (κ1) is 24.9. The number of ether oxygens (including phenoxy) is 1. The zero-order valence-corrected chi connectivity index (χ0v) is 22.1. The van der Waals surface area contributed by atoms with E-state index in [1.54, 1.807) is 43.3 Å². The second kappa shape index (κ2) is 9.95. The number of carbonyl (C=O) groups is 1. The average molecular weight is 534 g/mol. The van der Waals surface area contributed by atoms with Crippen LogP contribution in [0.1, 0.15) is 40.1 Å². The first-order valence-corrected chi connectivity index (χ1v) is 13.0. The van der Waals surface area contributed by atoms with Crippen molar-refractivity contribution < 1.29 is 9.53 Å². The minimum atomic E-state index is -1.24. The first-order chi connectivity index (χ1) is 17.8. The Morgan fingerprint density at radius 2 is 1.86 bits per heavy atom. The standard InChI is InChI=1S/C28H24ClN3O4S/c1-4-36-27(34)25(18-6-8-19(29)9-7-18)32-26(33)20-10-5-17(13-21(20)30-28(32)35)14-23-24-16(3)11-15(2)12-22(24)31-37-23/h5-13,25H,4,14H2,1-3H3,(H,30,35)/t25-/m0/s1. The maximum absolute atomic E-state index is 13.5. The molecule has 0 spiro atoms. The minimum Gasteiger partial charge on any atom is -0.464 e. The quantitative estimate of drug-likeness (QED) is 0.298. The van der Waals surface area contributed by atoms with Crippen molar-refractivity contribution in [2.75, 3.05) is 6.61 Å². The summed E-state index contributed by atoms with van der Waals surface area (Å²) in [5.41, 5.74) is 3.81. The molecule has 0 unspecified atom stereocenters. The molecule has 3 aromatic carbocycles. The molecule has 0 saturated heterocycles. The van der Waals surface area contributed by atoms with Crippen LogP contribution < -0.4 is 11.2 Å². The lowest BCUT2D eigenvalue weighted by atomic mass is 10.0. The van der Waals surface area contributed by atoms with E-state index >= 15 is 0 Å². The smallest absolute Gasteiger partial charge is 0.334 e. The predicted molar refractivity (Wildman–Crippen MR) is 147 cm³/mol. The summed E-state index contributed by atoms with van der Waals surface area (Å²) in [6.45, 7) is 5.91. The SMILES string of the molecule is CCOC(=O)[C@H](c1ccc(Cl)cc1)n1c(=O)[nH]c2cc(Cc3snc4cc(C)cc(C)c34)ccc2c1=O. The number of aromatic amines is 1. The highest BCUT2D eigenvalue weighted by Crippen LogP contribution is 2.29. The van der Waals surface area contributed by atoms with E-state index in [4.69, 9.17) is 16.3 Å². The third-order valence-electron chi connectivity index (χ3n) is 6.30. The number of benzene rings is 3. The highest BCUT2D eigenvalue weighted by Gasteiger charge is 2.28. The predicted octanol–water partition coefficient (Wildman–Crippen LogP) is 5.31. The molecule has 1 atom stereocenters. The molecule has 37 heavy (non-hydrogen) atoms. The number of aryl methyl sites for hydroxylation is 2. The van der Waals surface area contributed by atoms with Gasteiger partial charge in [0.25, 0.3) is 5.56 Å². The summed E-state index contributed by atoms with van der Waals surface area (Å²) in [4.78, 5) is 43.5. The zero-order chi connectivity index (χ0) is 26.3. The van der Waals surface area contributed by atoms with E-state index in [1.165, 1.54) is 22.7 Å². The third-order valence-corrected chi connectivity index (χ3v) is 7.41. The van der Waals surface area contributed by atoms with Crippen LogP contribution in [0.5, 0.6) is 0 Å². The summed E-state index contributed by atoms with van der Waals surface area (Å²) < 4.78 is 10.7. The number of fused-ring (bicyclic) bond motifs is 2. The lowest BCUT2D eigenvalue weighted by molar-refractivity contribution is -0.145. The van der Waals surface area contributed by atoms with Crippen molar-refractivity contribution in [2.24, 2.45) is 0 Å². The Hall–Kier alpha value is -3.75. The van der Waals surface area contributed by atoms with Crippen LogP contribution in [0.2, 0.25) is 5.02 Å². The van der Waals surface area contributed by atoms with Gasteiger partial charge >= 0.3 is 11.7 Å². The van der Waals surface area contributed by atoms with Crippen LogP contribution in [0, 0.1) is 13.8 Å². The van der Waals surface area contributed by atoms with Gasteiger partial charge in [0.15, 0.2) is 6.04 Å². The van der Waals surface area contributed by atoms with E-state index in [9.17, 15) is 14.4 Å². The topological polar surface area (TPSA) is 94.1 Å². The first-order valence-electron chi connectivity index (χ1n) is 11.8. The van der Waals surface area contributed by atoms with Crippen LogP contribution in [-0.4, -0.2) is 26.5 Å². The second-order valence-electron chi connectivity index (χ2n) is 8.95. The van der Waals surface area contributed by atoms with E-state index in [1.807, 2.05) is 6.07 Å². The molecule has 1 N–H and O–H groups in total. The molecular formula is C28H24ClN3O4S. The summed E-state index contributed by atoms with van der Waals surface area (Å²) in [6.07, 6.45) is 0.613. The summed E-state index contributed by atoms with van der Waals surface area (Å²) in [7, 11) is 0. The Balaban J connectivity index is 1.59. The summed E-state index contributed by atoms with van der Waals surface area (Å²) in [5.74, 6) is -0.698. The van der Waals surface area contributed by atoms with Crippen molar-refractivity contribution in [3.8, 4) is 0 Å².